The molecule has 0 fully saturated rings. The highest BCUT2D eigenvalue weighted by Gasteiger charge is 2.35. The summed E-state index contributed by atoms with van der Waals surface area (Å²) < 4.78 is 18.3. The van der Waals surface area contributed by atoms with E-state index in [9.17, 15) is 14.0 Å². The Labute approximate surface area is 117 Å². The van der Waals surface area contributed by atoms with Crippen LogP contribution in [0, 0.1) is 5.82 Å². The number of aliphatic carboxylic acids is 1. The van der Waals surface area contributed by atoms with Gasteiger partial charge in [0.05, 0.1) is 6.61 Å². The molecule has 1 amide bonds. The molecule has 0 saturated carbocycles. The Morgan fingerprint density at radius 1 is 1.47 bits per heavy atom. The number of carbonyl (C=O) groups excluding carboxylic acids is 1. The van der Waals surface area contributed by atoms with Crippen molar-refractivity contribution in [2.45, 2.75) is 12.5 Å². The number of rotatable bonds is 5. The second-order valence-electron chi connectivity index (χ2n) is 4.18. The molecule has 0 radical (unpaired) electrons. The number of amides is 1. The molecule has 19 heavy (non-hydrogen) atoms. The summed E-state index contributed by atoms with van der Waals surface area (Å²) in [5.74, 6) is -2.52. The van der Waals surface area contributed by atoms with Crippen molar-refractivity contribution >= 4 is 27.8 Å². The van der Waals surface area contributed by atoms with Crippen LogP contribution in [0.25, 0.3) is 0 Å². The Morgan fingerprint density at radius 2 is 2.11 bits per heavy atom. The number of halogens is 2. The first-order chi connectivity index (χ1) is 8.78. The number of carboxylic acid groups (broad SMARTS) is 1. The first-order valence-electron chi connectivity index (χ1n) is 5.29. The topological polar surface area (TPSA) is 75.6 Å². The molecule has 0 aliphatic carbocycles. The van der Waals surface area contributed by atoms with Crippen LogP contribution in [0.15, 0.2) is 22.7 Å². The largest absolute Gasteiger partial charge is 0.479 e. The Morgan fingerprint density at radius 3 is 2.58 bits per heavy atom. The fraction of sp³-hybridized carbons (Fsp3) is 0.333. The lowest BCUT2D eigenvalue weighted by Crippen LogP contribution is -2.55. The van der Waals surface area contributed by atoms with Gasteiger partial charge in [-0.3, -0.25) is 4.79 Å². The minimum Gasteiger partial charge on any atom is -0.479 e. The maximum atomic E-state index is 13.2. The van der Waals surface area contributed by atoms with E-state index in [2.05, 4.69) is 21.2 Å². The molecule has 0 bridgehead atoms. The van der Waals surface area contributed by atoms with E-state index >= 15 is 0 Å². The molecule has 1 rings (SSSR count). The molecule has 7 heteroatoms. The van der Waals surface area contributed by atoms with Crippen LogP contribution in [0.3, 0.4) is 0 Å². The first kappa shape index (κ1) is 15.6. The Kier molecular flexibility index (Phi) is 5.02. The quantitative estimate of drug-likeness (QED) is 0.861. The van der Waals surface area contributed by atoms with Gasteiger partial charge in [-0.15, -0.1) is 0 Å². The molecule has 1 unspecified atom stereocenters. The van der Waals surface area contributed by atoms with Crippen LogP contribution in [-0.4, -0.2) is 36.2 Å². The molecule has 0 heterocycles. The SMILES string of the molecule is COCC(C)(NC(=O)c1cc(F)cc(Br)c1)C(=O)O. The molecule has 1 aromatic carbocycles. The third kappa shape index (κ3) is 4.00. The van der Waals surface area contributed by atoms with Crippen molar-refractivity contribution in [2.24, 2.45) is 0 Å². The highest BCUT2D eigenvalue weighted by Crippen LogP contribution is 2.16. The minimum atomic E-state index is -1.58. The van der Waals surface area contributed by atoms with Gasteiger partial charge in [0.15, 0.2) is 5.54 Å². The van der Waals surface area contributed by atoms with Gasteiger partial charge in [0.2, 0.25) is 0 Å². The van der Waals surface area contributed by atoms with Crippen molar-refractivity contribution in [2.75, 3.05) is 13.7 Å². The van der Waals surface area contributed by atoms with Crippen molar-refractivity contribution in [3.8, 4) is 0 Å². The predicted octanol–water partition coefficient (Wildman–Crippen LogP) is 1.81. The second kappa shape index (κ2) is 6.12. The molecule has 0 aliphatic heterocycles. The minimum absolute atomic E-state index is 0.0236. The summed E-state index contributed by atoms with van der Waals surface area (Å²) in [6.07, 6.45) is 0. The normalized spacial score (nSPS) is 13.7. The van der Waals surface area contributed by atoms with Gasteiger partial charge in [0.25, 0.3) is 5.91 Å². The number of benzene rings is 1. The van der Waals surface area contributed by atoms with Crippen LogP contribution in [0.5, 0.6) is 0 Å². The monoisotopic (exact) mass is 333 g/mol. The summed E-state index contributed by atoms with van der Waals surface area (Å²) in [6, 6.07) is 3.62. The molecular weight excluding hydrogens is 321 g/mol. The van der Waals surface area contributed by atoms with Crippen LogP contribution in [0.1, 0.15) is 17.3 Å². The Balaban J connectivity index is 2.97. The number of ether oxygens (including phenoxy) is 1. The summed E-state index contributed by atoms with van der Waals surface area (Å²) in [5.41, 5.74) is -1.56. The van der Waals surface area contributed by atoms with Crippen molar-refractivity contribution in [3.05, 3.63) is 34.1 Å². The molecule has 0 aromatic heterocycles. The second-order valence-corrected chi connectivity index (χ2v) is 5.10. The van der Waals surface area contributed by atoms with Crippen LogP contribution >= 0.6 is 15.9 Å². The number of hydrogen-bond donors (Lipinski definition) is 2. The number of hydrogen-bond acceptors (Lipinski definition) is 3. The van der Waals surface area contributed by atoms with E-state index in [0.29, 0.717) is 4.47 Å². The highest BCUT2D eigenvalue weighted by molar-refractivity contribution is 9.10. The van der Waals surface area contributed by atoms with Gasteiger partial charge in [-0.1, -0.05) is 15.9 Å². The smallest absolute Gasteiger partial charge is 0.331 e. The van der Waals surface area contributed by atoms with Crippen LogP contribution < -0.4 is 5.32 Å². The van der Waals surface area contributed by atoms with Crippen LogP contribution in [-0.2, 0) is 9.53 Å². The zero-order valence-corrected chi connectivity index (χ0v) is 12.0. The summed E-state index contributed by atoms with van der Waals surface area (Å²) in [6.45, 7) is 1.11. The number of nitrogens with one attached hydrogen (secondary N) is 1. The molecule has 1 atom stereocenters. The lowest BCUT2D eigenvalue weighted by molar-refractivity contribution is -0.145. The number of methoxy groups -OCH3 is 1. The van der Waals surface area contributed by atoms with E-state index in [1.165, 1.54) is 26.2 Å². The Hall–Kier alpha value is -1.47. The van der Waals surface area contributed by atoms with Crippen molar-refractivity contribution < 1.29 is 23.8 Å². The predicted molar refractivity (Wildman–Crippen MR) is 69.5 cm³/mol. The summed E-state index contributed by atoms with van der Waals surface area (Å²) in [5, 5.41) is 11.4. The van der Waals surface area contributed by atoms with E-state index in [0.717, 1.165) is 6.07 Å². The summed E-state index contributed by atoms with van der Waals surface area (Å²) >= 11 is 3.06. The maximum Gasteiger partial charge on any atom is 0.331 e. The third-order valence-electron chi connectivity index (χ3n) is 2.42. The lowest BCUT2D eigenvalue weighted by Gasteiger charge is -2.25. The fourth-order valence-corrected chi connectivity index (χ4v) is 1.91. The van der Waals surface area contributed by atoms with Gasteiger partial charge < -0.3 is 15.2 Å². The average molecular weight is 334 g/mol. The maximum absolute atomic E-state index is 13.2. The van der Waals surface area contributed by atoms with E-state index in [1.807, 2.05) is 0 Å². The molecule has 2 N–H and O–H groups in total. The Bertz CT molecular complexity index is 488. The van der Waals surface area contributed by atoms with Crippen molar-refractivity contribution in [3.63, 3.8) is 0 Å². The van der Waals surface area contributed by atoms with E-state index in [4.69, 9.17) is 9.84 Å². The van der Waals surface area contributed by atoms with Gasteiger partial charge >= 0.3 is 5.97 Å². The third-order valence-corrected chi connectivity index (χ3v) is 2.88. The summed E-state index contributed by atoms with van der Waals surface area (Å²) in [7, 11) is 1.33. The molecule has 1 aromatic rings. The molecular formula is C12H13BrFNO4. The molecule has 0 spiro atoms. The van der Waals surface area contributed by atoms with Crippen LogP contribution in [0.4, 0.5) is 4.39 Å². The molecule has 0 aliphatic rings. The van der Waals surface area contributed by atoms with E-state index in [1.54, 1.807) is 0 Å². The lowest BCUT2D eigenvalue weighted by atomic mass is 10.0. The van der Waals surface area contributed by atoms with Gasteiger partial charge in [-0.05, 0) is 25.1 Å². The standard InChI is InChI=1S/C12H13BrFNO4/c1-12(6-19-2,11(17)18)15-10(16)7-3-8(13)5-9(14)4-7/h3-5H,6H2,1-2H3,(H,15,16)(H,17,18). The van der Waals surface area contributed by atoms with Gasteiger partial charge in [0, 0.05) is 17.1 Å². The first-order valence-corrected chi connectivity index (χ1v) is 6.09. The highest BCUT2D eigenvalue weighted by atomic mass is 79.9. The fourth-order valence-electron chi connectivity index (χ4n) is 1.45. The van der Waals surface area contributed by atoms with E-state index < -0.39 is 23.2 Å². The number of carboxylic acids is 1. The average Bonchev–Trinajstić information content (AvgIpc) is 2.27. The molecule has 104 valence electrons. The van der Waals surface area contributed by atoms with Crippen LogP contribution in [0.2, 0.25) is 0 Å². The zero-order chi connectivity index (χ0) is 14.6. The van der Waals surface area contributed by atoms with Crippen molar-refractivity contribution in [1.82, 2.24) is 5.32 Å². The van der Waals surface area contributed by atoms with Crippen molar-refractivity contribution in [1.29, 1.82) is 0 Å². The number of carbonyl (C=O) groups is 2. The molecule has 5 nitrogen and oxygen atoms in total. The zero-order valence-electron chi connectivity index (χ0n) is 10.4. The van der Waals surface area contributed by atoms with Gasteiger partial charge in [-0.25, -0.2) is 9.18 Å². The van der Waals surface area contributed by atoms with Gasteiger partial charge in [-0.2, -0.15) is 0 Å². The van der Waals surface area contributed by atoms with Gasteiger partial charge in [0.1, 0.15) is 5.82 Å². The van der Waals surface area contributed by atoms with E-state index in [-0.39, 0.29) is 12.2 Å². The molecule has 0 saturated heterocycles. The summed E-state index contributed by atoms with van der Waals surface area (Å²) in [4.78, 5) is 23.1.